The molecule has 4 heteroatoms. The summed E-state index contributed by atoms with van der Waals surface area (Å²) in [4.78, 5) is 14.0. The third-order valence-electron chi connectivity index (χ3n) is 2.87. The number of ether oxygens (including phenoxy) is 1. The van der Waals surface area contributed by atoms with Gasteiger partial charge in [0, 0.05) is 19.3 Å². The van der Waals surface area contributed by atoms with Gasteiger partial charge in [-0.2, -0.15) is 0 Å². The molecule has 0 aromatic heterocycles. The Morgan fingerprint density at radius 3 is 2.78 bits per heavy atom. The maximum atomic E-state index is 12.3. The number of rotatable bonds is 6. The number of amides is 1. The molecule has 0 fully saturated rings. The summed E-state index contributed by atoms with van der Waals surface area (Å²) in [7, 11) is 1.54. The van der Waals surface area contributed by atoms with E-state index in [2.05, 4.69) is 0 Å². The zero-order valence-electron chi connectivity index (χ0n) is 11.3. The minimum Gasteiger partial charge on any atom is -0.372 e. The van der Waals surface area contributed by atoms with E-state index in [0.29, 0.717) is 13.1 Å². The topological polar surface area (TPSA) is 55.6 Å². The molecule has 1 rings (SSSR count). The molecule has 0 saturated carbocycles. The molecule has 2 N–H and O–H groups in total. The fourth-order valence-corrected chi connectivity index (χ4v) is 1.73. The predicted octanol–water partition coefficient (Wildman–Crippen LogP) is 1.71. The number of benzene rings is 1. The highest BCUT2D eigenvalue weighted by molar-refractivity contribution is 5.96. The highest BCUT2D eigenvalue weighted by Crippen LogP contribution is 2.17. The monoisotopic (exact) mass is 250 g/mol. The second kappa shape index (κ2) is 7.13. The maximum Gasteiger partial charge on any atom is 0.255 e. The van der Waals surface area contributed by atoms with Gasteiger partial charge in [0.15, 0.2) is 0 Å². The second-order valence-electron chi connectivity index (χ2n) is 4.35. The third-order valence-corrected chi connectivity index (χ3v) is 2.87. The van der Waals surface area contributed by atoms with Crippen molar-refractivity contribution in [2.24, 2.45) is 5.73 Å². The van der Waals surface area contributed by atoms with Crippen LogP contribution < -0.4 is 10.6 Å². The summed E-state index contributed by atoms with van der Waals surface area (Å²) in [6, 6.07) is 7.89. The van der Waals surface area contributed by atoms with Crippen molar-refractivity contribution in [3.8, 4) is 0 Å². The summed E-state index contributed by atoms with van der Waals surface area (Å²) >= 11 is 0. The number of aryl methyl sites for hydroxylation is 1. The first-order valence-corrected chi connectivity index (χ1v) is 6.21. The number of nitrogens with zero attached hydrogens (tertiary/aromatic N) is 1. The van der Waals surface area contributed by atoms with Gasteiger partial charge in [-0.3, -0.25) is 4.79 Å². The summed E-state index contributed by atoms with van der Waals surface area (Å²) in [5, 5.41) is 0. The van der Waals surface area contributed by atoms with Gasteiger partial charge in [-0.1, -0.05) is 12.1 Å². The molecule has 100 valence electrons. The largest absolute Gasteiger partial charge is 0.372 e. The Hall–Kier alpha value is -1.39. The highest BCUT2D eigenvalue weighted by Gasteiger charge is 2.21. The quantitative estimate of drug-likeness (QED) is 0.836. The molecule has 4 nitrogen and oxygen atoms in total. The van der Waals surface area contributed by atoms with Crippen molar-refractivity contribution in [1.82, 2.24) is 0 Å². The van der Waals surface area contributed by atoms with Crippen molar-refractivity contribution in [3.63, 3.8) is 0 Å². The zero-order valence-corrected chi connectivity index (χ0v) is 11.3. The lowest BCUT2D eigenvalue weighted by atomic mass is 10.2. The van der Waals surface area contributed by atoms with Crippen molar-refractivity contribution in [2.45, 2.75) is 26.4 Å². The van der Waals surface area contributed by atoms with Crippen LogP contribution in [0.4, 0.5) is 5.69 Å². The fraction of sp³-hybridized carbons (Fsp3) is 0.500. The predicted molar refractivity (Wildman–Crippen MR) is 73.7 cm³/mol. The van der Waals surface area contributed by atoms with Crippen molar-refractivity contribution >= 4 is 11.6 Å². The molecule has 0 saturated heterocycles. The van der Waals surface area contributed by atoms with Crippen LogP contribution in [-0.2, 0) is 9.53 Å². The minimum absolute atomic E-state index is 0.0310. The van der Waals surface area contributed by atoms with Crippen molar-refractivity contribution < 1.29 is 9.53 Å². The number of nitrogens with two attached hydrogens (primary N) is 1. The Labute approximate surface area is 109 Å². The van der Waals surface area contributed by atoms with E-state index in [9.17, 15) is 4.79 Å². The average Bonchev–Trinajstić information content (AvgIpc) is 2.38. The van der Waals surface area contributed by atoms with E-state index in [1.54, 1.807) is 18.9 Å². The SMILES string of the molecule is COC(C)C(=O)N(CCCN)c1cccc(C)c1. The maximum absolute atomic E-state index is 12.3. The lowest BCUT2D eigenvalue weighted by molar-refractivity contribution is -0.127. The molecule has 1 unspecified atom stereocenters. The van der Waals surface area contributed by atoms with Gasteiger partial charge in [0.1, 0.15) is 6.10 Å². The minimum atomic E-state index is -0.441. The number of methoxy groups -OCH3 is 1. The van der Waals surface area contributed by atoms with Crippen LogP contribution in [0.1, 0.15) is 18.9 Å². The van der Waals surface area contributed by atoms with Gasteiger partial charge in [0.2, 0.25) is 0 Å². The number of hydrogen-bond donors (Lipinski definition) is 1. The number of anilines is 1. The molecule has 1 amide bonds. The molecule has 1 atom stereocenters. The molecule has 0 aliphatic rings. The Kier molecular flexibility index (Phi) is 5.82. The standard InChI is InChI=1S/C14H22N2O2/c1-11-6-4-7-13(10-11)16(9-5-8-15)14(17)12(2)18-3/h4,6-7,10,12H,5,8-9,15H2,1-3H3. The summed E-state index contributed by atoms with van der Waals surface area (Å²) in [6.45, 7) is 4.95. The Balaban J connectivity index is 2.93. The third kappa shape index (κ3) is 3.82. The average molecular weight is 250 g/mol. The van der Waals surface area contributed by atoms with Gasteiger partial charge < -0.3 is 15.4 Å². The lowest BCUT2D eigenvalue weighted by Gasteiger charge is -2.25. The van der Waals surface area contributed by atoms with Gasteiger partial charge in [-0.25, -0.2) is 0 Å². The van der Waals surface area contributed by atoms with E-state index in [-0.39, 0.29) is 5.91 Å². The fourth-order valence-electron chi connectivity index (χ4n) is 1.73. The molecule has 0 aliphatic carbocycles. The van der Waals surface area contributed by atoms with E-state index in [0.717, 1.165) is 17.7 Å². The van der Waals surface area contributed by atoms with E-state index in [4.69, 9.17) is 10.5 Å². The Morgan fingerprint density at radius 2 is 2.22 bits per heavy atom. The van der Waals surface area contributed by atoms with Crippen LogP contribution in [0, 0.1) is 6.92 Å². The highest BCUT2D eigenvalue weighted by atomic mass is 16.5. The van der Waals surface area contributed by atoms with Crippen LogP contribution >= 0.6 is 0 Å². The smallest absolute Gasteiger partial charge is 0.255 e. The first kappa shape index (κ1) is 14.7. The molecule has 1 aromatic rings. The molecule has 1 aromatic carbocycles. The van der Waals surface area contributed by atoms with Gasteiger partial charge in [0.05, 0.1) is 0 Å². The summed E-state index contributed by atoms with van der Waals surface area (Å²) in [5.41, 5.74) is 7.55. The second-order valence-corrected chi connectivity index (χ2v) is 4.35. The molecule has 0 radical (unpaired) electrons. The number of carbonyl (C=O) groups is 1. The van der Waals surface area contributed by atoms with Crippen LogP contribution in [0.25, 0.3) is 0 Å². The molecule has 0 bridgehead atoms. The van der Waals surface area contributed by atoms with Gasteiger partial charge in [-0.05, 0) is 44.5 Å². The van der Waals surface area contributed by atoms with Crippen LogP contribution in [0.5, 0.6) is 0 Å². The Bertz CT molecular complexity index is 393. The first-order chi connectivity index (χ1) is 8.60. The zero-order chi connectivity index (χ0) is 13.5. The molecular weight excluding hydrogens is 228 g/mol. The normalized spacial score (nSPS) is 12.2. The summed E-state index contributed by atoms with van der Waals surface area (Å²) in [6.07, 6.45) is 0.333. The molecule has 18 heavy (non-hydrogen) atoms. The van der Waals surface area contributed by atoms with E-state index in [1.807, 2.05) is 31.2 Å². The summed E-state index contributed by atoms with van der Waals surface area (Å²) < 4.78 is 5.10. The van der Waals surface area contributed by atoms with Crippen molar-refractivity contribution in [2.75, 3.05) is 25.1 Å². The molecule has 0 heterocycles. The molecule has 0 spiro atoms. The van der Waals surface area contributed by atoms with Crippen LogP contribution in [0.2, 0.25) is 0 Å². The first-order valence-electron chi connectivity index (χ1n) is 6.21. The van der Waals surface area contributed by atoms with Crippen molar-refractivity contribution in [1.29, 1.82) is 0 Å². The van der Waals surface area contributed by atoms with E-state index < -0.39 is 6.10 Å². The number of hydrogen-bond acceptors (Lipinski definition) is 3. The molecular formula is C14H22N2O2. The Morgan fingerprint density at radius 1 is 1.50 bits per heavy atom. The molecule has 0 aliphatic heterocycles. The van der Waals surface area contributed by atoms with Crippen LogP contribution in [0.3, 0.4) is 0 Å². The summed E-state index contributed by atoms with van der Waals surface area (Å²) in [5.74, 6) is -0.0310. The van der Waals surface area contributed by atoms with Crippen molar-refractivity contribution in [3.05, 3.63) is 29.8 Å². The number of carbonyl (C=O) groups excluding carboxylic acids is 1. The lowest BCUT2D eigenvalue weighted by Crippen LogP contribution is -2.40. The van der Waals surface area contributed by atoms with Gasteiger partial charge >= 0.3 is 0 Å². The van der Waals surface area contributed by atoms with E-state index in [1.165, 1.54) is 0 Å². The van der Waals surface area contributed by atoms with Crippen LogP contribution in [-0.4, -0.2) is 32.2 Å². The van der Waals surface area contributed by atoms with Gasteiger partial charge in [0.25, 0.3) is 5.91 Å². The van der Waals surface area contributed by atoms with Gasteiger partial charge in [-0.15, -0.1) is 0 Å². The van der Waals surface area contributed by atoms with Crippen LogP contribution in [0.15, 0.2) is 24.3 Å². The van der Waals surface area contributed by atoms with E-state index >= 15 is 0 Å².